The molecule has 1 aliphatic heterocycles. The van der Waals surface area contributed by atoms with E-state index in [1.165, 1.54) is 32.1 Å². The zero-order valence-electron chi connectivity index (χ0n) is 15.7. The summed E-state index contributed by atoms with van der Waals surface area (Å²) < 4.78 is 0. The van der Waals surface area contributed by atoms with Crippen LogP contribution in [0.2, 0.25) is 10.0 Å². The van der Waals surface area contributed by atoms with Crippen molar-refractivity contribution in [3.8, 4) is 0 Å². The summed E-state index contributed by atoms with van der Waals surface area (Å²) in [5.74, 6) is 0.818. The lowest BCUT2D eigenvalue weighted by Crippen LogP contribution is -2.46. The molecule has 1 N–H and O–H groups in total. The third-order valence-electron chi connectivity index (χ3n) is 5.81. The number of nitrogens with one attached hydrogen (secondary N) is 1. The molecule has 6 heteroatoms. The Balaban J connectivity index is 1.41. The molecule has 2 aliphatic rings. The van der Waals surface area contributed by atoms with Crippen LogP contribution in [0.25, 0.3) is 0 Å². The predicted molar refractivity (Wildman–Crippen MR) is 109 cm³/mol. The molecule has 27 heavy (non-hydrogen) atoms. The maximum Gasteiger partial charge on any atom is 0.255 e. The van der Waals surface area contributed by atoms with Crippen molar-refractivity contribution < 1.29 is 9.59 Å². The van der Waals surface area contributed by atoms with Crippen molar-refractivity contribution in [2.45, 2.75) is 63.8 Å². The van der Waals surface area contributed by atoms with Gasteiger partial charge in [0.1, 0.15) is 0 Å². The number of piperidine rings is 1. The second kappa shape index (κ2) is 9.79. The van der Waals surface area contributed by atoms with Crippen molar-refractivity contribution in [3.63, 3.8) is 0 Å². The third kappa shape index (κ3) is 5.86. The highest BCUT2D eigenvalue weighted by Gasteiger charge is 2.26. The third-order valence-corrected chi connectivity index (χ3v) is 6.36. The Bertz CT molecular complexity index is 666. The SMILES string of the molecule is O=C(CCC1CCCCC1)NC1CCN(C(=O)c2ccc(Cl)cc2Cl)CC1. The van der Waals surface area contributed by atoms with Crippen molar-refractivity contribution in [2.24, 2.45) is 5.92 Å². The predicted octanol–water partition coefficient (Wildman–Crippen LogP) is 5.07. The van der Waals surface area contributed by atoms with E-state index < -0.39 is 0 Å². The molecule has 1 saturated heterocycles. The van der Waals surface area contributed by atoms with Gasteiger partial charge in [-0.25, -0.2) is 0 Å². The highest BCUT2D eigenvalue weighted by atomic mass is 35.5. The number of carbonyl (C=O) groups excluding carboxylic acids is 2. The molecule has 1 heterocycles. The standard InChI is InChI=1S/C21H28Cl2N2O2/c22-16-7-8-18(19(23)14-16)21(27)25-12-10-17(11-13-25)24-20(26)9-6-15-4-2-1-3-5-15/h7-8,14-15,17H,1-6,9-13H2,(H,24,26). The van der Waals surface area contributed by atoms with Crippen LogP contribution in [0.3, 0.4) is 0 Å². The molecule has 1 aliphatic carbocycles. The van der Waals surface area contributed by atoms with E-state index in [4.69, 9.17) is 23.2 Å². The number of hydrogen-bond acceptors (Lipinski definition) is 2. The molecule has 148 valence electrons. The van der Waals surface area contributed by atoms with Gasteiger partial charge in [0.15, 0.2) is 0 Å². The molecular formula is C21H28Cl2N2O2. The molecule has 1 aromatic carbocycles. The summed E-state index contributed by atoms with van der Waals surface area (Å²) >= 11 is 12.1. The van der Waals surface area contributed by atoms with E-state index in [0.29, 0.717) is 35.1 Å². The normalized spacial score (nSPS) is 19.1. The van der Waals surface area contributed by atoms with Gasteiger partial charge in [-0.1, -0.05) is 55.3 Å². The molecule has 2 amide bonds. The molecule has 1 saturated carbocycles. The van der Waals surface area contributed by atoms with Crippen LogP contribution in [0, 0.1) is 5.92 Å². The molecule has 0 unspecified atom stereocenters. The van der Waals surface area contributed by atoms with Gasteiger partial charge < -0.3 is 10.2 Å². The highest BCUT2D eigenvalue weighted by Crippen LogP contribution is 2.27. The van der Waals surface area contributed by atoms with E-state index in [-0.39, 0.29) is 17.9 Å². The second-order valence-electron chi connectivity index (χ2n) is 7.80. The van der Waals surface area contributed by atoms with E-state index in [9.17, 15) is 9.59 Å². The fraction of sp³-hybridized carbons (Fsp3) is 0.619. The summed E-state index contributed by atoms with van der Waals surface area (Å²) in [7, 11) is 0. The molecule has 1 aromatic rings. The van der Waals surface area contributed by atoms with Crippen LogP contribution in [0.1, 0.15) is 68.1 Å². The van der Waals surface area contributed by atoms with Gasteiger partial charge in [0, 0.05) is 30.6 Å². The molecule has 0 spiro atoms. The fourth-order valence-corrected chi connectivity index (χ4v) is 4.66. The number of rotatable bonds is 5. The number of hydrogen-bond donors (Lipinski definition) is 1. The van der Waals surface area contributed by atoms with Crippen LogP contribution in [0.5, 0.6) is 0 Å². The first-order chi connectivity index (χ1) is 13.0. The summed E-state index contributed by atoms with van der Waals surface area (Å²) in [5, 5.41) is 4.06. The lowest BCUT2D eigenvalue weighted by molar-refractivity contribution is -0.122. The van der Waals surface area contributed by atoms with Gasteiger partial charge in [0.2, 0.25) is 5.91 Å². The minimum absolute atomic E-state index is 0.0706. The Hall–Kier alpha value is -1.26. The van der Waals surface area contributed by atoms with Crippen LogP contribution in [0.4, 0.5) is 0 Å². The molecule has 2 fully saturated rings. The quantitative estimate of drug-likeness (QED) is 0.735. The lowest BCUT2D eigenvalue weighted by atomic mass is 9.86. The van der Waals surface area contributed by atoms with Crippen molar-refractivity contribution in [2.75, 3.05) is 13.1 Å². The average molecular weight is 411 g/mol. The molecular weight excluding hydrogens is 383 g/mol. The summed E-state index contributed by atoms with van der Waals surface area (Å²) in [6, 6.07) is 5.11. The molecule has 0 atom stereocenters. The van der Waals surface area contributed by atoms with Gasteiger partial charge in [0.05, 0.1) is 10.6 Å². The van der Waals surface area contributed by atoms with Gasteiger partial charge in [-0.05, 0) is 43.4 Å². The number of benzene rings is 1. The maximum absolute atomic E-state index is 12.6. The average Bonchev–Trinajstić information content (AvgIpc) is 2.67. The molecule has 0 radical (unpaired) electrons. The Morgan fingerprint density at radius 1 is 1.04 bits per heavy atom. The molecule has 0 bridgehead atoms. The lowest BCUT2D eigenvalue weighted by Gasteiger charge is -2.32. The first-order valence-corrected chi connectivity index (χ1v) is 10.8. The van der Waals surface area contributed by atoms with E-state index in [2.05, 4.69) is 5.32 Å². The second-order valence-corrected chi connectivity index (χ2v) is 8.64. The van der Waals surface area contributed by atoms with Crippen molar-refractivity contribution in [1.82, 2.24) is 10.2 Å². The number of nitrogens with zero attached hydrogens (tertiary/aromatic N) is 1. The summed E-state index contributed by atoms with van der Waals surface area (Å²) in [6.07, 6.45) is 9.75. The van der Waals surface area contributed by atoms with Gasteiger partial charge in [0.25, 0.3) is 5.91 Å². The minimum atomic E-state index is -0.0706. The largest absolute Gasteiger partial charge is 0.353 e. The molecule has 0 aromatic heterocycles. The fourth-order valence-electron chi connectivity index (χ4n) is 4.17. The summed E-state index contributed by atoms with van der Waals surface area (Å²) in [6.45, 7) is 1.26. The zero-order valence-corrected chi connectivity index (χ0v) is 17.2. The van der Waals surface area contributed by atoms with Crippen molar-refractivity contribution >= 4 is 35.0 Å². The topological polar surface area (TPSA) is 49.4 Å². The maximum atomic E-state index is 12.6. The first kappa shape index (κ1) is 20.5. The van der Waals surface area contributed by atoms with Gasteiger partial charge in [-0.2, -0.15) is 0 Å². The van der Waals surface area contributed by atoms with Crippen molar-refractivity contribution in [3.05, 3.63) is 33.8 Å². The molecule has 3 rings (SSSR count). The van der Waals surface area contributed by atoms with Crippen LogP contribution in [-0.2, 0) is 4.79 Å². The Morgan fingerprint density at radius 3 is 2.41 bits per heavy atom. The Morgan fingerprint density at radius 2 is 1.74 bits per heavy atom. The minimum Gasteiger partial charge on any atom is -0.353 e. The zero-order chi connectivity index (χ0) is 19.2. The highest BCUT2D eigenvalue weighted by molar-refractivity contribution is 6.36. The van der Waals surface area contributed by atoms with Gasteiger partial charge in [-0.3, -0.25) is 9.59 Å². The number of carbonyl (C=O) groups is 2. The van der Waals surface area contributed by atoms with Crippen molar-refractivity contribution in [1.29, 1.82) is 0 Å². The van der Waals surface area contributed by atoms with E-state index >= 15 is 0 Å². The summed E-state index contributed by atoms with van der Waals surface area (Å²) in [5.41, 5.74) is 0.482. The number of halogens is 2. The number of likely N-dealkylation sites (tertiary alicyclic amines) is 1. The van der Waals surface area contributed by atoms with Crippen LogP contribution >= 0.6 is 23.2 Å². The van der Waals surface area contributed by atoms with Crippen LogP contribution < -0.4 is 5.32 Å². The van der Waals surface area contributed by atoms with E-state index in [1.54, 1.807) is 23.1 Å². The van der Waals surface area contributed by atoms with E-state index in [0.717, 1.165) is 25.2 Å². The monoisotopic (exact) mass is 410 g/mol. The Labute approximate surface area is 171 Å². The Kier molecular flexibility index (Phi) is 7.42. The molecule has 4 nitrogen and oxygen atoms in total. The van der Waals surface area contributed by atoms with Crippen LogP contribution in [-0.4, -0.2) is 35.8 Å². The van der Waals surface area contributed by atoms with E-state index in [1.807, 2.05) is 0 Å². The van der Waals surface area contributed by atoms with Gasteiger partial charge in [-0.15, -0.1) is 0 Å². The van der Waals surface area contributed by atoms with Gasteiger partial charge >= 0.3 is 0 Å². The smallest absolute Gasteiger partial charge is 0.255 e. The summed E-state index contributed by atoms with van der Waals surface area (Å²) in [4.78, 5) is 26.7. The number of amides is 2. The van der Waals surface area contributed by atoms with Crippen LogP contribution in [0.15, 0.2) is 18.2 Å². The first-order valence-electron chi connectivity index (χ1n) is 10.1.